The average Bonchev–Trinajstić information content (AvgIpc) is 3.24. The molecule has 0 bridgehead atoms. The van der Waals surface area contributed by atoms with Crippen LogP contribution in [0.5, 0.6) is 5.75 Å². The summed E-state index contributed by atoms with van der Waals surface area (Å²) in [6.45, 7) is 0. The highest BCUT2D eigenvalue weighted by atomic mass is 16.5. The van der Waals surface area contributed by atoms with Crippen molar-refractivity contribution in [3.63, 3.8) is 0 Å². The first-order chi connectivity index (χ1) is 8.85. The first kappa shape index (κ1) is 11.5. The van der Waals surface area contributed by atoms with Gasteiger partial charge in [0.15, 0.2) is 0 Å². The largest absolute Gasteiger partial charge is 0.496 e. The van der Waals surface area contributed by atoms with E-state index in [9.17, 15) is 0 Å². The van der Waals surface area contributed by atoms with E-state index >= 15 is 0 Å². The third kappa shape index (κ3) is 1.87. The zero-order chi connectivity index (χ0) is 12.5. The van der Waals surface area contributed by atoms with Crippen molar-refractivity contribution in [2.45, 2.75) is 18.9 Å². The van der Waals surface area contributed by atoms with E-state index in [2.05, 4.69) is 48.8 Å². The van der Waals surface area contributed by atoms with Crippen molar-refractivity contribution < 1.29 is 4.74 Å². The lowest BCUT2D eigenvalue weighted by molar-refractivity contribution is 0.419. The zero-order valence-corrected chi connectivity index (χ0v) is 10.9. The van der Waals surface area contributed by atoms with Gasteiger partial charge < -0.3 is 10.1 Å². The third-order valence-corrected chi connectivity index (χ3v) is 3.88. The van der Waals surface area contributed by atoms with Crippen molar-refractivity contribution in [1.82, 2.24) is 5.32 Å². The monoisotopic (exact) mass is 241 g/mol. The molecule has 2 nitrogen and oxygen atoms in total. The first-order valence-electron chi connectivity index (χ1n) is 6.58. The van der Waals surface area contributed by atoms with Crippen LogP contribution in [0.4, 0.5) is 0 Å². The maximum absolute atomic E-state index is 5.45. The molecule has 1 unspecified atom stereocenters. The van der Waals surface area contributed by atoms with Crippen LogP contribution in [0.2, 0.25) is 0 Å². The Morgan fingerprint density at radius 3 is 2.44 bits per heavy atom. The molecule has 1 atom stereocenters. The molecule has 3 rings (SSSR count). The van der Waals surface area contributed by atoms with E-state index in [0.29, 0.717) is 6.04 Å². The fourth-order valence-corrected chi connectivity index (χ4v) is 2.82. The molecule has 94 valence electrons. The Kier molecular flexibility index (Phi) is 2.96. The molecule has 2 aromatic carbocycles. The summed E-state index contributed by atoms with van der Waals surface area (Å²) in [7, 11) is 3.79. The van der Waals surface area contributed by atoms with Gasteiger partial charge in [-0.1, -0.05) is 30.3 Å². The van der Waals surface area contributed by atoms with Gasteiger partial charge >= 0.3 is 0 Å². The molecule has 1 saturated carbocycles. The summed E-state index contributed by atoms with van der Waals surface area (Å²) in [6.07, 6.45) is 2.68. The molecule has 1 N–H and O–H groups in total. The van der Waals surface area contributed by atoms with Gasteiger partial charge in [-0.2, -0.15) is 0 Å². The Morgan fingerprint density at radius 1 is 1.11 bits per heavy atom. The zero-order valence-electron chi connectivity index (χ0n) is 10.9. The standard InChI is InChI=1S/C16H19NO/c1-17-16(11-7-8-11)14-9-10-15(18-2)13-6-4-3-5-12(13)14/h3-6,9-11,16-17H,7-8H2,1-2H3. The molecule has 2 aromatic rings. The van der Waals surface area contributed by atoms with Crippen molar-refractivity contribution in [3.8, 4) is 5.75 Å². The van der Waals surface area contributed by atoms with Gasteiger partial charge in [0.1, 0.15) is 5.75 Å². The highest BCUT2D eigenvalue weighted by Crippen LogP contribution is 2.43. The average molecular weight is 241 g/mol. The number of rotatable bonds is 4. The minimum absolute atomic E-state index is 0.473. The Hall–Kier alpha value is -1.54. The summed E-state index contributed by atoms with van der Waals surface area (Å²) in [5.74, 6) is 1.76. The van der Waals surface area contributed by atoms with Crippen LogP contribution in [-0.2, 0) is 0 Å². The summed E-state index contributed by atoms with van der Waals surface area (Å²) < 4.78 is 5.45. The Labute approximate surface area is 108 Å². The molecular weight excluding hydrogens is 222 g/mol. The van der Waals surface area contributed by atoms with Gasteiger partial charge in [0.2, 0.25) is 0 Å². The minimum atomic E-state index is 0.473. The molecule has 0 spiro atoms. The number of hydrogen-bond acceptors (Lipinski definition) is 2. The summed E-state index contributed by atoms with van der Waals surface area (Å²) in [6, 6.07) is 13.3. The molecule has 1 aliphatic rings. The number of ether oxygens (including phenoxy) is 1. The molecule has 0 aromatic heterocycles. The highest BCUT2D eigenvalue weighted by molar-refractivity contribution is 5.91. The molecule has 18 heavy (non-hydrogen) atoms. The second kappa shape index (κ2) is 4.62. The van der Waals surface area contributed by atoms with E-state index in [1.165, 1.54) is 29.2 Å². The van der Waals surface area contributed by atoms with Gasteiger partial charge in [0.25, 0.3) is 0 Å². The van der Waals surface area contributed by atoms with Crippen LogP contribution < -0.4 is 10.1 Å². The molecule has 1 aliphatic carbocycles. The number of methoxy groups -OCH3 is 1. The molecule has 0 saturated heterocycles. The number of benzene rings is 2. The van der Waals surface area contributed by atoms with E-state index in [1.54, 1.807) is 7.11 Å². The molecule has 0 amide bonds. The van der Waals surface area contributed by atoms with Crippen LogP contribution in [0.3, 0.4) is 0 Å². The van der Waals surface area contributed by atoms with Gasteiger partial charge in [0.05, 0.1) is 7.11 Å². The topological polar surface area (TPSA) is 21.3 Å². The maximum Gasteiger partial charge on any atom is 0.126 e. The summed E-state index contributed by atoms with van der Waals surface area (Å²) in [5, 5.41) is 5.98. The summed E-state index contributed by atoms with van der Waals surface area (Å²) in [4.78, 5) is 0. The second-order valence-electron chi connectivity index (χ2n) is 5.01. The Balaban J connectivity index is 2.17. The van der Waals surface area contributed by atoms with Gasteiger partial charge in [-0.25, -0.2) is 0 Å². The highest BCUT2D eigenvalue weighted by Gasteiger charge is 2.32. The van der Waals surface area contributed by atoms with E-state index < -0.39 is 0 Å². The lowest BCUT2D eigenvalue weighted by Gasteiger charge is -2.19. The van der Waals surface area contributed by atoms with Gasteiger partial charge in [-0.15, -0.1) is 0 Å². The normalized spacial score (nSPS) is 16.8. The van der Waals surface area contributed by atoms with Crippen molar-refractivity contribution >= 4 is 10.8 Å². The fourth-order valence-electron chi connectivity index (χ4n) is 2.82. The van der Waals surface area contributed by atoms with Gasteiger partial charge in [-0.05, 0) is 42.8 Å². The molecule has 0 aliphatic heterocycles. The van der Waals surface area contributed by atoms with Crippen molar-refractivity contribution in [3.05, 3.63) is 42.0 Å². The van der Waals surface area contributed by atoms with Crippen molar-refractivity contribution in [1.29, 1.82) is 0 Å². The number of nitrogens with one attached hydrogen (secondary N) is 1. The lowest BCUT2D eigenvalue weighted by atomic mass is 9.95. The Morgan fingerprint density at radius 2 is 1.83 bits per heavy atom. The van der Waals surface area contributed by atoms with Gasteiger partial charge in [0, 0.05) is 11.4 Å². The van der Waals surface area contributed by atoms with Crippen LogP contribution >= 0.6 is 0 Å². The summed E-state index contributed by atoms with van der Waals surface area (Å²) >= 11 is 0. The first-order valence-corrected chi connectivity index (χ1v) is 6.58. The van der Waals surface area contributed by atoms with E-state index in [0.717, 1.165) is 11.7 Å². The maximum atomic E-state index is 5.45. The van der Waals surface area contributed by atoms with E-state index in [1.807, 2.05) is 0 Å². The van der Waals surface area contributed by atoms with Crippen LogP contribution in [0.1, 0.15) is 24.4 Å². The van der Waals surface area contributed by atoms with E-state index in [4.69, 9.17) is 4.74 Å². The number of fused-ring (bicyclic) bond motifs is 1. The molecule has 0 heterocycles. The van der Waals surface area contributed by atoms with Crippen molar-refractivity contribution in [2.75, 3.05) is 14.2 Å². The summed E-state index contributed by atoms with van der Waals surface area (Å²) in [5.41, 5.74) is 1.40. The van der Waals surface area contributed by atoms with Crippen LogP contribution in [0, 0.1) is 5.92 Å². The lowest BCUT2D eigenvalue weighted by Crippen LogP contribution is -2.18. The molecular formula is C16H19NO. The molecule has 0 radical (unpaired) electrons. The predicted molar refractivity (Wildman–Crippen MR) is 75.0 cm³/mol. The Bertz CT molecular complexity index is 560. The van der Waals surface area contributed by atoms with Crippen molar-refractivity contribution in [2.24, 2.45) is 5.92 Å². The van der Waals surface area contributed by atoms with Crippen LogP contribution in [0.15, 0.2) is 36.4 Å². The SMILES string of the molecule is CNC(c1ccc(OC)c2ccccc12)C1CC1. The quantitative estimate of drug-likeness (QED) is 0.884. The smallest absolute Gasteiger partial charge is 0.126 e. The van der Waals surface area contributed by atoms with Gasteiger partial charge in [-0.3, -0.25) is 0 Å². The van der Waals surface area contributed by atoms with Crippen LogP contribution in [-0.4, -0.2) is 14.2 Å². The molecule has 1 fully saturated rings. The minimum Gasteiger partial charge on any atom is -0.496 e. The number of hydrogen-bond donors (Lipinski definition) is 1. The molecule has 2 heteroatoms. The third-order valence-electron chi connectivity index (χ3n) is 3.88. The fraction of sp³-hybridized carbons (Fsp3) is 0.375. The van der Waals surface area contributed by atoms with E-state index in [-0.39, 0.29) is 0 Å². The second-order valence-corrected chi connectivity index (χ2v) is 5.01. The van der Waals surface area contributed by atoms with Crippen LogP contribution in [0.25, 0.3) is 10.8 Å². The predicted octanol–water partition coefficient (Wildman–Crippen LogP) is 3.52.